The number of rotatable bonds is 3. The van der Waals surface area contributed by atoms with Crippen LogP contribution in [0.4, 0.5) is 0 Å². The van der Waals surface area contributed by atoms with Crippen LogP contribution in [0.15, 0.2) is 28.3 Å². The van der Waals surface area contributed by atoms with Crippen molar-refractivity contribution in [1.82, 2.24) is 4.98 Å². The molecule has 0 atom stereocenters. The molecule has 0 aliphatic heterocycles. The van der Waals surface area contributed by atoms with E-state index < -0.39 is 5.97 Å². The van der Waals surface area contributed by atoms with Crippen LogP contribution in [0, 0.1) is 0 Å². The standard InChI is InChI=1S/C9H5NO4S/c11-8(7-3-10-4-15-7)5-1-2-6(14-5)9(12)13/h1-4H,(H,12,13). The lowest BCUT2D eigenvalue weighted by Crippen LogP contribution is -1.97. The molecule has 2 aromatic rings. The third kappa shape index (κ3) is 1.79. The molecular formula is C9H5NO4S. The Morgan fingerprint density at radius 1 is 1.33 bits per heavy atom. The number of hydrogen-bond acceptors (Lipinski definition) is 5. The topological polar surface area (TPSA) is 80.4 Å². The molecule has 0 bridgehead atoms. The Bertz CT molecular complexity index is 500. The third-order valence-corrected chi connectivity index (χ3v) is 2.47. The summed E-state index contributed by atoms with van der Waals surface area (Å²) in [6.07, 6.45) is 1.41. The van der Waals surface area contributed by atoms with Crippen molar-refractivity contribution in [1.29, 1.82) is 0 Å². The average molecular weight is 223 g/mol. The van der Waals surface area contributed by atoms with Crippen molar-refractivity contribution >= 4 is 23.1 Å². The second-order valence-corrected chi connectivity index (χ2v) is 3.55. The van der Waals surface area contributed by atoms with Crippen LogP contribution in [0.25, 0.3) is 0 Å². The van der Waals surface area contributed by atoms with Crippen LogP contribution >= 0.6 is 11.3 Å². The summed E-state index contributed by atoms with van der Waals surface area (Å²) in [5, 5.41) is 8.60. The van der Waals surface area contributed by atoms with Gasteiger partial charge in [0, 0.05) is 6.20 Å². The molecule has 0 saturated heterocycles. The third-order valence-electron chi connectivity index (χ3n) is 1.70. The molecule has 2 rings (SSSR count). The highest BCUT2D eigenvalue weighted by molar-refractivity contribution is 7.11. The molecule has 6 heteroatoms. The van der Waals surface area contributed by atoms with Gasteiger partial charge < -0.3 is 9.52 Å². The van der Waals surface area contributed by atoms with Crippen LogP contribution in [0.2, 0.25) is 0 Å². The zero-order chi connectivity index (χ0) is 10.8. The van der Waals surface area contributed by atoms with E-state index in [0.29, 0.717) is 4.88 Å². The van der Waals surface area contributed by atoms with Gasteiger partial charge in [0.1, 0.15) is 0 Å². The minimum Gasteiger partial charge on any atom is -0.475 e. The van der Waals surface area contributed by atoms with E-state index in [1.54, 1.807) is 0 Å². The lowest BCUT2D eigenvalue weighted by atomic mass is 10.3. The number of nitrogens with zero attached hydrogens (tertiary/aromatic N) is 1. The van der Waals surface area contributed by atoms with E-state index >= 15 is 0 Å². The highest BCUT2D eigenvalue weighted by Crippen LogP contribution is 2.15. The van der Waals surface area contributed by atoms with Gasteiger partial charge in [0.15, 0.2) is 5.76 Å². The van der Waals surface area contributed by atoms with E-state index in [1.807, 2.05) is 0 Å². The van der Waals surface area contributed by atoms with Crippen LogP contribution in [0.5, 0.6) is 0 Å². The molecule has 2 aromatic heterocycles. The highest BCUT2D eigenvalue weighted by Gasteiger charge is 2.17. The van der Waals surface area contributed by atoms with Gasteiger partial charge in [-0.05, 0) is 12.1 Å². The van der Waals surface area contributed by atoms with Gasteiger partial charge in [-0.1, -0.05) is 0 Å². The van der Waals surface area contributed by atoms with E-state index in [1.165, 1.54) is 35.2 Å². The van der Waals surface area contributed by atoms with Gasteiger partial charge in [-0.25, -0.2) is 4.79 Å². The number of aromatic carboxylic acids is 1. The number of carboxylic acid groups (broad SMARTS) is 1. The molecule has 0 fully saturated rings. The molecule has 0 aromatic carbocycles. The summed E-state index contributed by atoms with van der Waals surface area (Å²) in [6.45, 7) is 0. The predicted octanol–water partition coefficient (Wildman–Crippen LogP) is 1.67. The van der Waals surface area contributed by atoms with Gasteiger partial charge in [-0.2, -0.15) is 0 Å². The molecule has 5 nitrogen and oxygen atoms in total. The number of carbonyl (C=O) groups excluding carboxylic acids is 1. The van der Waals surface area contributed by atoms with Gasteiger partial charge in [-0.3, -0.25) is 9.78 Å². The number of thiazole rings is 1. The minimum absolute atomic E-state index is 0.0108. The Balaban J connectivity index is 2.31. The lowest BCUT2D eigenvalue weighted by molar-refractivity contribution is 0.0660. The first-order valence-corrected chi connectivity index (χ1v) is 4.83. The van der Waals surface area contributed by atoms with Crippen molar-refractivity contribution < 1.29 is 19.1 Å². The first-order valence-electron chi connectivity index (χ1n) is 3.95. The average Bonchev–Trinajstić information content (AvgIpc) is 2.88. The lowest BCUT2D eigenvalue weighted by Gasteiger charge is -1.90. The largest absolute Gasteiger partial charge is 0.475 e. The normalized spacial score (nSPS) is 10.1. The summed E-state index contributed by atoms with van der Waals surface area (Å²) in [7, 11) is 0. The minimum atomic E-state index is -1.20. The fourth-order valence-electron chi connectivity index (χ4n) is 1.02. The molecule has 0 aliphatic carbocycles. The summed E-state index contributed by atoms with van der Waals surface area (Å²) in [4.78, 5) is 26.3. The SMILES string of the molecule is O=C(O)c1ccc(C(=O)c2cncs2)o1. The molecule has 2 heterocycles. The van der Waals surface area contributed by atoms with Crippen LogP contribution in [0.1, 0.15) is 26.0 Å². The molecular weight excluding hydrogens is 218 g/mol. The maximum atomic E-state index is 11.6. The Morgan fingerprint density at radius 3 is 2.60 bits per heavy atom. The number of hydrogen-bond donors (Lipinski definition) is 1. The van der Waals surface area contributed by atoms with Crippen LogP contribution in [-0.4, -0.2) is 21.8 Å². The second kappa shape index (κ2) is 3.66. The Morgan fingerprint density at radius 2 is 2.07 bits per heavy atom. The number of aromatic nitrogens is 1. The molecule has 0 saturated carbocycles. The summed E-state index contributed by atoms with van der Waals surface area (Å²) >= 11 is 1.18. The van der Waals surface area contributed by atoms with Gasteiger partial charge in [0.25, 0.3) is 0 Å². The van der Waals surface area contributed by atoms with E-state index in [9.17, 15) is 9.59 Å². The zero-order valence-electron chi connectivity index (χ0n) is 7.34. The second-order valence-electron chi connectivity index (χ2n) is 2.66. The van der Waals surface area contributed by atoms with Crippen molar-refractivity contribution in [2.45, 2.75) is 0 Å². The van der Waals surface area contributed by atoms with Gasteiger partial charge >= 0.3 is 5.97 Å². The van der Waals surface area contributed by atoms with Crippen molar-refractivity contribution in [3.05, 3.63) is 40.2 Å². The summed E-state index contributed by atoms with van der Waals surface area (Å²) in [5.41, 5.74) is 1.52. The van der Waals surface area contributed by atoms with Crippen molar-refractivity contribution in [3.8, 4) is 0 Å². The van der Waals surface area contributed by atoms with E-state index in [2.05, 4.69) is 4.98 Å². The molecule has 76 valence electrons. The van der Waals surface area contributed by atoms with Crippen molar-refractivity contribution in [2.75, 3.05) is 0 Å². The van der Waals surface area contributed by atoms with Crippen LogP contribution < -0.4 is 0 Å². The number of carbonyl (C=O) groups is 2. The molecule has 0 spiro atoms. The molecule has 0 amide bonds. The van der Waals surface area contributed by atoms with E-state index in [4.69, 9.17) is 9.52 Å². The predicted molar refractivity (Wildman–Crippen MR) is 51.2 cm³/mol. The number of carboxylic acids is 1. The number of ketones is 1. The molecule has 0 aliphatic rings. The van der Waals surface area contributed by atoms with Crippen molar-refractivity contribution in [2.24, 2.45) is 0 Å². The molecule has 0 unspecified atom stereocenters. The van der Waals surface area contributed by atoms with E-state index in [-0.39, 0.29) is 17.3 Å². The van der Waals surface area contributed by atoms with Crippen LogP contribution in [0.3, 0.4) is 0 Å². The number of furan rings is 1. The molecule has 1 N–H and O–H groups in total. The van der Waals surface area contributed by atoms with Crippen LogP contribution in [-0.2, 0) is 0 Å². The van der Waals surface area contributed by atoms with Gasteiger partial charge in [0.05, 0.1) is 10.4 Å². The van der Waals surface area contributed by atoms with Crippen molar-refractivity contribution in [3.63, 3.8) is 0 Å². The monoisotopic (exact) mass is 223 g/mol. The molecule has 0 radical (unpaired) electrons. The highest BCUT2D eigenvalue weighted by atomic mass is 32.1. The van der Waals surface area contributed by atoms with E-state index in [0.717, 1.165) is 0 Å². The summed E-state index contributed by atoms with van der Waals surface area (Å²) < 4.78 is 4.86. The Hall–Kier alpha value is -1.95. The maximum absolute atomic E-state index is 11.6. The maximum Gasteiger partial charge on any atom is 0.371 e. The molecule has 15 heavy (non-hydrogen) atoms. The fourth-order valence-corrected chi connectivity index (χ4v) is 1.59. The quantitative estimate of drug-likeness (QED) is 0.800. The Labute approximate surface area is 88.0 Å². The smallest absolute Gasteiger partial charge is 0.371 e. The summed E-state index contributed by atoms with van der Waals surface area (Å²) in [6, 6.07) is 2.59. The summed E-state index contributed by atoms with van der Waals surface area (Å²) in [5.74, 6) is -1.79. The fraction of sp³-hybridized carbons (Fsp3) is 0. The first-order chi connectivity index (χ1) is 7.18. The zero-order valence-corrected chi connectivity index (χ0v) is 8.15. The Kier molecular flexibility index (Phi) is 2.34. The first kappa shape index (κ1) is 9.60. The van der Waals surface area contributed by atoms with Gasteiger partial charge in [-0.15, -0.1) is 11.3 Å². The van der Waals surface area contributed by atoms with Gasteiger partial charge in [0.2, 0.25) is 11.5 Å².